The third-order valence-corrected chi connectivity index (χ3v) is 5.05. The Morgan fingerprint density at radius 1 is 1.10 bits per heavy atom. The first-order chi connectivity index (χ1) is 14.5. The van der Waals surface area contributed by atoms with Gasteiger partial charge in [0.2, 0.25) is 6.29 Å². The molecule has 7 N–H and O–H groups in total. The molecule has 8 unspecified atom stereocenters. The van der Waals surface area contributed by atoms with Crippen LogP contribution in [0.1, 0.15) is 12.8 Å². The van der Waals surface area contributed by atoms with Crippen LogP contribution in [-0.2, 0) is 33.3 Å². The van der Waals surface area contributed by atoms with Gasteiger partial charge in [0.25, 0.3) is 0 Å². The van der Waals surface area contributed by atoms with E-state index < -0.39 is 91.4 Å². The van der Waals surface area contributed by atoms with Gasteiger partial charge in [-0.05, 0) is 0 Å². The lowest BCUT2D eigenvalue weighted by Crippen LogP contribution is -2.63. The standard InChI is InChI=1S/C17H24O14/c1-28-14(26)6-5-29-16(17(27,3-10(21)22)7(6)2-9(19)20)31-15-13(25)12(24)11(23)8(4-18)30-15/h5,7-8,11-13,15-16,18,23-25,27H,2-4H2,1H3,(H,19,20)(H,21,22). The van der Waals surface area contributed by atoms with Gasteiger partial charge in [0, 0.05) is 5.92 Å². The summed E-state index contributed by atoms with van der Waals surface area (Å²) < 4.78 is 20.1. The highest BCUT2D eigenvalue weighted by molar-refractivity contribution is 5.90. The van der Waals surface area contributed by atoms with E-state index in [0.717, 1.165) is 13.4 Å². The third kappa shape index (κ3) is 5.12. The van der Waals surface area contributed by atoms with E-state index in [-0.39, 0.29) is 0 Å². The number of rotatable bonds is 8. The summed E-state index contributed by atoms with van der Waals surface area (Å²) in [4.78, 5) is 34.8. The highest BCUT2D eigenvalue weighted by Crippen LogP contribution is 2.41. The minimum Gasteiger partial charge on any atom is -0.481 e. The first-order valence-electron chi connectivity index (χ1n) is 9.02. The summed E-state index contributed by atoms with van der Waals surface area (Å²) in [5, 5.41) is 68.7. The zero-order valence-corrected chi connectivity index (χ0v) is 16.2. The van der Waals surface area contributed by atoms with Gasteiger partial charge in [-0.25, -0.2) is 4.79 Å². The Balaban J connectivity index is 2.42. The smallest absolute Gasteiger partial charge is 0.337 e. The maximum Gasteiger partial charge on any atom is 0.337 e. The van der Waals surface area contributed by atoms with Gasteiger partial charge >= 0.3 is 17.9 Å². The number of methoxy groups -OCH3 is 1. The molecule has 0 bridgehead atoms. The van der Waals surface area contributed by atoms with Crippen molar-refractivity contribution >= 4 is 17.9 Å². The predicted octanol–water partition coefficient (Wildman–Crippen LogP) is -3.49. The van der Waals surface area contributed by atoms with Gasteiger partial charge in [0.05, 0.1) is 38.4 Å². The number of carbonyl (C=O) groups is 3. The van der Waals surface area contributed by atoms with Crippen LogP contribution in [0.15, 0.2) is 11.8 Å². The van der Waals surface area contributed by atoms with Crippen molar-refractivity contribution in [3.63, 3.8) is 0 Å². The van der Waals surface area contributed by atoms with Crippen LogP contribution in [0.4, 0.5) is 0 Å². The van der Waals surface area contributed by atoms with Gasteiger partial charge in [0.1, 0.15) is 30.0 Å². The van der Waals surface area contributed by atoms with E-state index in [1.54, 1.807) is 0 Å². The van der Waals surface area contributed by atoms with Gasteiger partial charge < -0.3 is 54.7 Å². The minimum atomic E-state index is -2.67. The van der Waals surface area contributed by atoms with Gasteiger partial charge in [-0.1, -0.05) is 0 Å². The quantitative estimate of drug-likeness (QED) is 0.177. The van der Waals surface area contributed by atoms with E-state index in [4.69, 9.17) is 14.2 Å². The van der Waals surface area contributed by atoms with Crippen LogP contribution in [0.2, 0.25) is 0 Å². The van der Waals surface area contributed by atoms with Crippen LogP contribution in [0.3, 0.4) is 0 Å². The molecular weight excluding hydrogens is 428 g/mol. The average Bonchev–Trinajstić information content (AvgIpc) is 2.70. The maximum atomic E-state index is 12.0. The van der Waals surface area contributed by atoms with E-state index in [1.807, 2.05) is 0 Å². The molecule has 0 aromatic heterocycles. The number of esters is 1. The van der Waals surface area contributed by atoms with Crippen LogP contribution >= 0.6 is 0 Å². The second-order valence-corrected chi connectivity index (χ2v) is 7.08. The predicted molar refractivity (Wildman–Crippen MR) is 92.8 cm³/mol. The summed E-state index contributed by atoms with van der Waals surface area (Å²) in [6, 6.07) is 0. The number of ether oxygens (including phenoxy) is 4. The van der Waals surface area contributed by atoms with E-state index in [1.165, 1.54) is 0 Å². The van der Waals surface area contributed by atoms with Crippen molar-refractivity contribution in [1.29, 1.82) is 0 Å². The molecule has 0 amide bonds. The molecule has 14 nitrogen and oxygen atoms in total. The molecule has 0 aromatic carbocycles. The molecule has 0 spiro atoms. The Bertz CT molecular complexity index is 720. The Labute approximate surface area is 174 Å². The molecule has 2 heterocycles. The van der Waals surface area contributed by atoms with Crippen molar-refractivity contribution in [2.45, 2.75) is 55.4 Å². The maximum absolute atomic E-state index is 12.0. The molecule has 0 aromatic rings. The van der Waals surface area contributed by atoms with Crippen molar-refractivity contribution in [2.24, 2.45) is 5.92 Å². The SMILES string of the molecule is COC(=O)C1=COC(OC2OC(CO)C(O)C(O)C2O)C(O)(CC(=O)O)C1CC(=O)O. The summed E-state index contributed by atoms with van der Waals surface area (Å²) in [6.07, 6.45) is -12.0. The number of carboxylic acids is 2. The van der Waals surface area contributed by atoms with Crippen molar-refractivity contribution < 1.29 is 69.1 Å². The summed E-state index contributed by atoms with van der Waals surface area (Å²) in [7, 11) is 0.980. The van der Waals surface area contributed by atoms with Gasteiger partial charge in [-0.3, -0.25) is 9.59 Å². The number of carbonyl (C=O) groups excluding carboxylic acids is 1. The minimum absolute atomic E-state index is 0.470. The lowest BCUT2D eigenvalue weighted by atomic mass is 9.75. The molecule has 0 aliphatic carbocycles. The fraction of sp³-hybridized carbons (Fsp3) is 0.706. The molecule has 1 fully saturated rings. The second-order valence-electron chi connectivity index (χ2n) is 7.08. The van der Waals surface area contributed by atoms with Crippen molar-refractivity contribution in [2.75, 3.05) is 13.7 Å². The molecule has 0 saturated carbocycles. The van der Waals surface area contributed by atoms with E-state index in [2.05, 4.69) is 4.74 Å². The fourth-order valence-electron chi connectivity index (χ4n) is 3.44. The Morgan fingerprint density at radius 3 is 2.26 bits per heavy atom. The van der Waals surface area contributed by atoms with Crippen LogP contribution < -0.4 is 0 Å². The first-order valence-corrected chi connectivity index (χ1v) is 9.02. The van der Waals surface area contributed by atoms with E-state index >= 15 is 0 Å². The Morgan fingerprint density at radius 2 is 1.74 bits per heavy atom. The Hall–Kier alpha value is -2.33. The van der Waals surface area contributed by atoms with Crippen LogP contribution in [0.25, 0.3) is 0 Å². The molecule has 0 radical (unpaired) electrons. The van der Waals surface area contributed by atoms with Crippen molar-refractivity contribution in [3.8, 4) is 0 Å². The summed E-state index contributed by atoms with van der Waals surface area (Å²) in [6.45, 7) is -0.788. The van der Waals surface area contributed by atoms with Crippen molar-refractivity contribution in [3.05, 3.63) is 11.8 Å². The zero-order valence-electron chi connectivity index (χ0n) is 16.2. The molecule has 2 rings (SSSR count). The molecule has 14 heteroatoms. The van der Waals surface area contributed by atoms with E-state index in [9.17, 15) is 50.1 Å². The number of hydrogen-bond donors (Lipinski definition) is 7. The van der Waals surface area contributed by atoms with Gasteiger partial charge in [-0.15, -0.1) is 0 Å². The second kappa shape index (κ2) is 9.86. The van der Waals surface area contributed by atoms with Crippen LogP contribution in [0.5, 0.6) is 0 Å². The Kier molecular flexibility index (Phi) is 7.93. The molecule has 2 aliphatic rings. The fourth-order valence-corrected chi connectivity index (χ4v) is 3.44. The first kappa shape index (κ1) is 24.9. The molecule has 8 atom stereocenters. The van der Waals surface area contributed by atoms with E-state index in [0.29, 0.717) is 0 Å². The number of carboxylic acid groups (broad SMARTS) is 2. The average molecular weight is 452 g/mol. The van der Waals surface area contributed by atoms with Crippen LogP contribution in [-0.4, -0.2) is 110 Å². The molecule has 1 saturated heterocycles. The largest absolute Gasteiger partial charge is 0.481 e. The number of aliphatic hydroxyl groups is 5. The number of aliphatic carboxylic acids is 2. The topological polar surface area (TPSA) is 230 Å². The highest BCUT2D eigenvalue weighted by atomic mass is 16.8. The van der Waals surface area contributed by atoms with Gasteiger partial charge in [-0.2, -0.15) is 0 Å². The lowest BCUT2D eigenvalue weighted by Gasteiger charge is -2.46. The molecule has 2 aliphatic heterocycles. The van der Waals surface area contributed by atoms with Crippen molar-refractivity contribution in [1.82, 2.24) is 0 Å². The third-order valence-electron chi connectivity index (χ3n) is 5.05. The zero-order chi connectivity index (χ0) is 23.5. The highest BCUT2D eigenvalue weighted by Gasteiger charge is 2.56. The summed E-state index contributed by atoms with van der Waals surface area (Å²) in [5.41, 5.74) is -3.14. The molecule has 31 heavy (non-hydrogen) atoms. The summed E-state index contributed by atoms with van der Waals surface area (Å²) >= 11 is 0. The van der Waals surface area contributed by atoms with Gasteiger partial charge in [0.15, 0.2) is 6.29 Å². The summed E-state index contributed by atoms with van der Waals surface area (Å²) in [5.74, 6) is -5.84. The van der Waals surface area contributed by atoms with Crippen LogP contribution in [0, 0.1) is 5.92 Å². The number of hydrogen-bond acceptors (Lipinski definition) is 12. The normalized spacial score (nSPS) is 38.0. The monoisotopic (exact) mass is 452 g/mol. The number of aliphatic hydroxyl groups excluding tert-OH is 4. The molecule has 176 valence electrons. The lowest BCUT2D eigenvalue weighted by molar-refractivity contribution is -0.359. The molecular formula is C17H24O14.